The summed E-state index contributed by atoms with van der Waals surface area (Å²) in [6.45, 7) is 7.79. The van der Waals surface area contributed by atoms with Crippen molar-refractivity contribution in [3.63, 3.8) is 0 Å². The zero-order chi connectivity index (χ0) is 15.9. The van der Waals surface area contributed by atoms with Crippen LogP contribution in [0.15, 0.2) is 6.33 Å². The van der Waals surface area contributed by atoms with E-state index >= 15 is 0 Å². The van der Waals surface area contributed by atoms with Crippen LogP contribution in [0.4, 0.5) is 5.82 Å². The average Bonchev–Trinajstić information content (AvgIpc) is 2.41. The first-order valence-electron chi connectivity index (χ1n) is 7.03. The highest BCUT2D eigenvalue weighted by Crippen LogP contribution is 2.20. The molecule has 1 aromatic rings. The maximum Gasteiger partial charge on any atom is 0.221 e. The minimum absolute atomic E-state index is 0.486. The molecule has 0 atom stereocenters. The van der Waals surface area contributed by atoms with Gasteiger partial charge in [-0.2, -0.15) is 0 Å². The van der Waals surface area contributed by atoms with E-state index in [1.54, 1.807) is 0 Å². The van der Waals surface area contributed by atoms with Gasteiger partial charge in [0.25, 0.3) is 0 Å². The summed E-state index contributed by atoms with van der Waals surface area (Å²) in [7, 11) is -3.12. The zero-order valence-electron chi connectivity index (χ0n) is 13.1. The Bertz CT molecular complexity index is 548. The van der Waals surface area contributed by atoms with Crippen molar-refractivity contribution in [1.82, 2.24) is 14.3 Å². The summed E-state index contributed by atoms with van der Waals surface area (Å²) in [6, 6.07) is 0. The number of aromatic nitrogens is 2. The Morgan fingerprint density at radius 1 is 1.33 bits per heavy atom. The first kappa shape index (κ1) is 17.6. The van der Waals surface area contributed by atoms with Crippen LogP contribution in [0, 0.1) is 6.92 Å². The van der Waals surface area contributed by atoms with Crippen molar-refractivity contribution >= 4 is 15.8 Å². The van der Waals surface area contributed by atoms with Gasteiger partial charge in [0.05, 0.1) is 18.4 Å². The second-order valence-electron chi connectivity index (χ2n) is 4.62. The van der Waals surface area contributed by atoms with Crippen LogP contribution >= 0.6 is 0 Å². The number of rotatable bonds is 9. The molecule has 1 aromatic heterocycles. The van der Waals surface area contributed by atoms with Crippen molar-refractivity contribution < 1.29 is 13.2 Å². The molecule has 0 bridgehead atoms. The van der Waals surface area contributed by atoms with E-state index in [4.69, 9.17) is 4.74 Å². The fraction of sp³-hybridized carbons (Fsp3) is 0.692. The molecule has 0 saturated carbocycles. The van der Waals surface area contributed by atoms with E-state index in [2.05, 4.69) is 15.3 Å². The smallest absolute Gasteiger partial charge is 0.221 e. The lowest BCUT2D eigenvalue weighted by molar-refractivity contribution is 0.324. The highest BCUT2D eigenvalue weighted by Gasteiger charge is 2.13. The molecular formula is C13H24N4O3S. The third-order valence-corrected chi connectivity index (χ3v) is 4.40. The van der Waals surface area contributed by atoms with Crippen molar-refractivity contribution in [3.05, 3.63) is 11.9 Å². The van der Waals surface area contributed by atoms with E-state index in [9.17, 15) is 8.42 Å². The molecule has 0 radical (unpaired) electrons. The molecule has 0 unspecified atom stereocenters. The van der Waals surface area contributed by atoms with Crippen molar-refractivity contribution in [2.24, 2.45) is 0 Å². The summed E-state index contributed by atoms with van der Waals surface area (Å²) >= 11 is 0. The topological polar surface area (TPSA) is 84.4 Å². The molecule has 1 N–H and O–H groups in total. The van der Waals surface area contributed by atoms with Gasteiger partial charge in [-0.1, -0.05) is 6.92 Å². The summed E-state index contributed by atoms with van der Waals surface area (Å²) in [5, 5.41) is 3.19. The van der Waals surface area contributed by atoms with Gasteiger partial charge in [-0.05, 0) is 20.3 Å². The molecule has 8 heteroatoms. The van der Waals surface area contributed by atoms with E-state index in [1.165, 1.54) is 16.9 Å². The molecule has 0 aliphatic heterocycles. The molecule has 0 spiro atoms. The molecule has 0 amide bonds. The van der Waals surface area contributed by atoms with Crippen molar-refractivity contribution in [2.45, 2.75) is 27.2 Å². The zero-order valence-corrected chi connectivity index (χ0v) is 13.9. The van der Waals surface area contributed by atoms with Gasteiger partial charge in [-0.25, -0.2) is 22.7 Å². The fourth-order valence-electron chi connectivity index (χ4n) is 1.92. The normalized spacial score (nSPS) is 11.7. The second-order valence-corrected chi connectivity index (χ2v) is 6.60. The molecule has 0 aliphatic rings. The van der Waals surface area contributed by atoms with E-state index in [1.807, 2.05) is 20.8 Å². The summed E-state index contributed by atoms with van der Waals surface area (Å²) in [4.78, 5) is 8.24. The van der Waals surface area contributed by atoms with Crippen LogP contribution in [-0.2, 0) is 10.0 Å². The maximum atomic E-state index is 11.5. The Labute approximate surface area is 126 Å². The Kier molecular flexibility index (Phi) is 6.83. The maximum absolute atomic E-state index is 11.5. The molecule has 21 heavy (non-hydrogen) atoms. The van der Waals surface area contributed by atoms with Gasteiger partial charge in [0.15, 0.2) is 0 Å². The minimum Gasteiger partial charge on any atom is -0.478 e. The highest BCUT2D eigenvalue weighted by atomic mass is 32.2. The van der Waals surface area contributed by atoms with E-state index in [0.717, 1.165) is 11.4 Å². The average molecular weight is 316 g/mol. The first-order chi connectivity index (χ1) is 9.90. The minimum atomic E-state index is -3.12. The molecule has 120 valence electrons. The fourth-order valence-corrected chi connectivity index (χ4v) is 2.84. The predicted molar refractivity (Wildman–Crippen MR) is 83.1 cm³/mol. The molecule has 0 fully saturated rings. The van der Waals surface area contributed by atoms with Gasteiger partial charge >= 0.3 is 0 Å². The van der Waals surface area contributed by atoms with Gasteiger partial charge in [-0.3, -0.25) is 0 Å². The number of sulfonamides is 1. The quantitative estimate of drug-likeness (QED) is 0.691. The van der Waals surface area contributed by atoms with Crippen LogP contribution in [0.25, 0.3) is 0 Å². The van der Waals surface area contributed by atoms with Gasteiger partial charge in [0.1, 0.15) is 12.1 Å². The lowest BCUT2D eigenvalue weighted by Crippen LogP contribution is -2.31. The van der Waals surface area contributed by atoms with E-state index in [0.29, 0.717) is 38.5 Å². The third-order valence-electron chi connectivity index (χ3n) is 3.02. The monoisotopic (exact) mass is 316 g/mol. The predicted octanol–water partition coefficient (Wildman–Crippen LogP) is 1.27. The standard InChI is InChI=1S/C13H24N4O3S/c1-5-17(21(4,18)19)9-7-8-14-12-11(3)13(20-6-2)16-10-15-12/h10H,5-9H2,1-4H3,(H,14,15,16). The van der Waals surface area contributed by atoms with Crippen LogP contribution in [0.2, 0.25) is 0 Å². The molecule has 1 rings (SSSR count). The summed E-state index contributed by atoms with van der Waals surface area (Å²) < 4.78 is 29.8. The van der Waals surface area contributed by atoms with Gasteiger partial charge in [-0.15, -0.1) is 0 Å². The molecule has 0 saturated heterocycles. The number of nitrogens with zero attached hydrogens (tertiary/aromatic N) is 3. The molecule has 1 heterocycles. The summed E-state index contributed by atoms with van der Waals surface area (Å²) in [5.74, 6) is 1.29. The highest BCUT2D eigenvalue weighted by molar-refractivity contribution is 7.88. The van der Waals surface area contributed by atoms with Crippen LogP contribution in [-0.4, -0.2) is 55.2 Å². The van der Waals surface area contributed by atoms with Crippen molar-refractivity contribution in [3.8, 4) is 5.88 Å². The van der Waals surface area contributed by atoms with Crippen LogP contribution in [0.5, 0.6) is 5.88 Å². The molecular weight excluding hydrogens is 292 g/mol. The largest absolute Gasteiger partial charge is 0.478 e. The van der Waals surface area contributed by atoms with Gasteiger partial charge < -0.3 is 10.1 Å². The SMILES string of the molecule is CCOc1ncnc(NCCCN(CC)S(C)(=O)=O)c1C. The number of ether oxygens (including phenoxy) is 1. The Balaban J connectivity index is 2.51. The van der Waals surface area contributed by atoms with Crippen LogP contribution in [0.3, 0.4) is 0 Å². The van der Waals surface area contributed by atoms with Crippen LogP contribution in [0.1, 0.15) is 25.8 Å². The number of hydrogen-bond acceptors (Lipinski definition) is 6. The van der Waals surface area contributed by atoms with Crippen molar-refractivity contribution in [2.75, 3.05) is 37.8 Å². The number of nitrogens with one attached hydrogen (secondary N) is 1. The lowest BCUT2D eigenvalue weighted by atomic mass is 10.3. The summed E-state index contributed by atoms with van der Waals surface area (Å²) in [5.41, 5.74) is 0.856. The molecule has 7 nitrogen and oxygen atoms in total. The van der Waals surface area contributed by atoms with E-state index in [-0.39, 0.29) is 0 Å². The Morgan fingerprint density at radius 3 is 2.62 bits per heavy atom. The van der Waals surface area contributed by atoms with Crippen molar-refractivity contribution in [1.29, 1.82) is 0 Å². The Hall–Kier alpha value is -1.41. The van der Waals surface area contributed by atoms with Gasteiger partial charge in [0.2, 0.25) is 15.9 Å². The number of anilines is 1. The Morgan fingerprint density at radius 2 is 2.05 bits per heavy atom. The van der Waals surface area contributed by atoms with E-state index < -0.39 is 10.0 Å². The molecule has 0 aromatic carbocycles. The molecule has 0 aliphatic carbocycles. The van der Waals surface area contributed by atoms with Gasteiger partial charge in [0, 0.05) is 19.6 Å². The summed E-state index contributed by atoms with van der Waals surface area (Å²) in [6.07, 6.45) is 3.39. The number of hydrogen-bond donors (Lipinski definition) is 1. The third kappa shape index (κ3) is 5.47. The first-order valence-corrected chi connectivity index (χ1v) is 8.88. The lowest BCUT2D eigenvalue weighted by Gasteiger charge is -2.18. The van der Waals surface area contributed by atoms with Crippen LogP contribution < -0.4 is 10.1 Å². The second kappa shape index (κ2) is 8.14.